The Bertz CT molecular complexity index is 1450. The van der Waals surface area contributed by atoms with Gasteiger partial charge in [0.05, 0.1) is 28.7 Å². The number of anilines is 2. The molecule has 11 heteroatoms. The quantitative estimate of drug-likeness (QED) is 0.386. The third-order valence-electron chi connectivity index (χ3n) is 5.38. The van der Waals surface area contributed by atoms with Gasteiger partial charge in [-0.1, -0.05) is 0 Å². The molecule has 0 aliphatic rings. The van der Waals surface area contributed by atoms with Crippen LogP contribution in [-0.4, -0.2) is 45.0 Å². The number of halogens is 2. The van der Waals surface area contributed by atoms with Crippen LogP contribution in [0.15, 0.2) is 64.2 Å². The van der Waals surface area contributed by atoms with Crippen LogP contribution in [0.5, 0.6) is 5.75 Å². The molecule has 4 rings (SSSR count). The average Bonchev–Trinajstić information content (AvgIpc) is 3.29. The van der Waals surface area contributed by atoms with Gasteiger partial charge in [-0.25, -0.2) is 22.9 Å². The molecule has 8 nitrogen and oxygen atoms in total. The maximum atomic E-state index is 14.7. The van der Waals surface area contributed by atoms with Crippen LogP contribution in [0.4, 0.5) is 20.3 Å². The zero-order valence-electron chi connectivity index (χ0n) is 18.7. The van der Waals surface area contributed by atoms with Crippen LogP contribution >= 0.6 is 0 Å². The van der Waals surface area contributed by atoms with Crippen LogP contribution in [-0.2, 0) is 9.73 Å². The Morgan fingerprint density at radius 1 is 1.15 bits per heavy atom. The van der Waals surface area contributed by atoms with Gasteiger partial charge in [0, 0.05) is 41.3 Å². The third kappa shape index (κ3) is 4.31. The molecule has 3 N–H and O–H groups in total. The fourth-order valence-corrected chi connectivity index (χ4v) is 5.32. The lowest BCUT2D eigenvalue weighted by molar-refractivity contribution is 0.372. The van der Waals surface area contributed by atoms with E-state index in [1.165, 1.54) is 31.6 Å². The van der Waals surface area contributed by atoms with Gasteiger partial charge in [0.2, 0.25) is 5.82 Å². The summed E-state index contributed by atoms with van der Waals surface area (Å²) in [6.07, 6.45) is 5.21. The van der Waals surface area contributed by atoms with Crippen LogP contribution in [0, 0.1) is 11.6 Å². The Kier molecular flexibility index (Phi) is 6.75. The van der Waals surface area contributed by atoms with E-state index in [0.29, 0.717) is 46.5 Å². The smallest absolute Gasteiger partial charge is 0.201 e. The normalized spacial score (nSPS) is 13.0. The van der Waals surface area contributed by atoms with Crippen molar-refractivity contribution >= 4 is 26.9 Å². The van der Waals surface area contributed by atoms with Gasteiger partial charge in [-0.15, -0.1) is 0 Å². The standard InChI is InChI=1S/C23H24F2N6O2S/c1-27-34(32,13-3-10-26)16-6-4-15(5-7-16)30-22-23-29-14-18(31(23)12-11-28-22)17-8-9-19(33-2)21(25)20(17)24/h4-9,11-12,14H,3,10,13,26H2,1-2H3,(H,28,30). The molecule has 0 aliphatic heterocycles. The van der Waals surface area contributed by atoms with Gasteiger partial charge in [-0.05, 0) is 49.4 Å². The molecular formula is C23H24F2N6O2S. The van der Waals surface area contributed by atoms with Crippen LogP contribution in [0.25, 0.3) is 16.9 Å². The average molecular weight is 487 g/mol. The van der Waals surface area contributed by atoms with Gasteiger partial charge in [0.15, 0.2) is 23.0 Å². The SMILES string of the molecule is CN=S(=O)(CCCN)c1ccc(Nc2nccn3c(-c4ccc(OC)c(F)c4F)cnc23)cc1. The number of nitrogens with two attached hydrogens (primary N) is 1. The molecule has 2 heterocycles. The maximum Gasteiger partial charge on any atom is 0.201 e. The van der Waals surface area contributed by atoms with E-state index in [1.807, 2.05) is 0 Å². The Hall–Kier alpha value is -3.57. The highest BCUT2D eigenvalue weighted by Gasteiger charge is 2.19. The molecule has 2 aromatic carbocycles. The zero-order chi connectivity index (χ0) is 24.3. The van der Waals surface area contributed by atoms with Gasteiger partial charge >= 0.3 is 0 Å². The molecule has 0 amide bonds. The molecule has 0 spiro atoms. The van der Waals surface area contributed by atoms with E-state index < -0.39 is 21.4 Å². The highest BCUT2D eigenvalue weighted by Crippen LogP contribution is 2.31. The summed E-state index contributed by atoms with van der Waals surface area (Å²) in [5, 5.41) is 3.17. The lowest BCUT2D eigenvalue weighted by Crippen LogP contribution is -2.11. The van der Waals surface area contributed by atoms with E-state index >= 15 is 0 Å². The molecule has 0 saturated heterocycles. The molecule has 1 unspecified atom stereocenters. The van der Waals surface area contributed by atoms with E-state index in [4.69, 9.17) is 10.5 Å². The first-order chi connectivity index (χ1) is 16.4. The Morgan fingerprint density at radius 2 is 1.91 bits per heavy atom. The molecular weight excluding hydrogens is 462 g/mol. The van der Waals surface area contributed by atoms with Crippen molar-refractivity contribution in [1.82, 2.24) is 14.4 Å². The van der Waals surface area contributed by atoms with E-state index in [9.17, 15) is 13.0 Å². The number of ether oxygens (including phenoxy) is 1. The molecule has 0 saturated carbocycles. The first kappa shape index (κ1) is 23.6. The summed E-state index contributed by atoms with van der Waals surface area (Å²) < 4.78 is 52.5. The van der Waals surface area contributed by atoms with Crippen molar-refractivity contribution in [3.63, 3.8) is 0 Å². The molecule has 0 radical (unpaired) electrons. The summed E-state index contributed by atoms with van der Waals surface area (Å²) in [5.41, 5.74) is 7.07. The number of aromatic nitrogens is 3. The van der Waals surface area contributed by atoms with Gasteiger partial charge in [0.25, 0.3) is 0 Å². The molecule has 34 heavy (non-hydrogen) atoms. The molecule has 0 fully saturated rings. The fraction of sp³-hybridized carbons (Fsp3) is 0.217. The van der Waals surface area contributed by atoms with Crippen molar-refractivity contribution < 1.29 is 17.7 Å². The molecule has 4 aromatic rings. The zero-order valence-corrected chi connectivity index (χ0v) is 19.5. The van der Waals surface area contributed by atoms with E-state index in [1.54, 1.807) is 41.9 Å². The van der Waals surface area contributed by atoms with Crippen molar-refractivity contribution in [2.75, 3.05) is 31.8 Å². The maximum absolute atomic E-state index is 14.7. The second-order valence-electron chi connectivity index (χ2n) is 7.37. The Balaban J connectivity index is 1.66. The largest absolute Gasteiger partial charge is 0.494 e. The summed E-state index contributed by atoms with van der Waals surface area (Å²) >= 11 is 0. The number of imidazole rings is 1. The predicted octanol–water partition coefficient (Wildman–Crippen LogP) is 4.23. The summed E-state index contributed by atoms with van der Waals surface area (Å²) in [4.78, 5) is 9.31. The van der Waals surface area contributed by atoms with Gasteiger partial charge in [0.1, 0.15) is 0 Å². The van der Waals surface area contributed by atoms with Crippen LogP contribution < -0.4 is 15.8 Å². The number of nitrogens with zero attached hydrogens (tertiary/aromatic N) is 4. The van der Waals surface area contributed by atoms with Gasteiger partial charge in [-0.3, -0.25) is 4.40 Å². The van der Waals surface area contributed by atoms with Crippen LogP contribution in [0.1, 0.15) is 6.42 Å². The monoisotopic (exact) mass is 486 g/mol. The van der Waals surface area contributed by atoms with Crippen LogP contribution in [0.3, 0.4) is 0 Å². The lowest BCUT2D eigenvalue weighted by atomic mass is 10.1. The second kappa shape index (κ2) is 9.74. The number of hydrogen-bond donors (Lipinski definition) is 2. The van der Waals surface area contributed by atoms with Crippen molar-refractivity contribution in [2.45, 2.75) is 11.3 Å². The molecule has 0 aliphatic carbocycles. The van der Waals surface area contributed by atoms with Crippen molar-refractivity contribution in [2.24, 2.45) is 10.1 Å². The first-order valence-electron chi connectivity index (χ1n) is 10.5. The highest BCUT2D eigenvalue weighted by atomic mass is 32.2. The third-order valence-corrected chi connectivity index (χ3v) is 7.82. The van der Waals surface area contributed by atoms with Gasteiger partial charge < -0.3 is 15.8 Å². The van der Waals surface area contributed by atoms with Crippen LogP contribution in [0.2, 0.25) is 0 Å². The van der Waals surface area contributed by atoms with Crippen molar-refractivity contribution in [3.05, 3.63) is 66.6 Å². The fourth-order valence-electron chi connectivity index (χ4n) is 3.58. The minimum Gasteiger partial charge on any atom is -0.494 e. The van der Waals surface area contributed by atoms with Gasteiger partial charge in [-0.2, -0.15) is 4.39 Å². The van der Waals surface area contributed by atoms with E-state index in [0.717, 1.165) is 0 Å². The lowest BCUT2D eigenvalue weighted by Gasteiger charge is -2.11. The van der Waals surface area contributed by atoms with E-state index in [-0.39, 0.29) is 11.3 Å². The van der Waals surface area contributed by atoms with Crippen molar-refractivity contribution in [3.8, 4) is 17.0 Å². The number of hydrogen-bond acceptors (Lipinski definition) is 7. The minimum atomic E-state index is -2.52. The highest BCUT2D eigenvalue weighted by molar-refractivity contribution is 7.93. The predicted molar refractivity (Wildman–Crippen MR) is 128 cm³/mol. The number of fused-ring (bicyclic) bond motifs is 1. The molecule has 2 aromatic heterocycles. The number of methoxy groups -OCH3 is 1. The molecule has 0 bridgehead atoms. The van der Waals surface area contributed by atoms with E-state index in [2.05, 4.69) is 19.6 Å². The number of benzene rings is 2. The Labute approximate surface area is 196 Å². The topological polar surface area (TPSA) is 107 Å². The summed E-state index contributed by atoms with van der Waals surface area (Å²) in [6.45, 7) is 0.446. The number of nitrogens with one attached hydrogen (secondary N) is 1. The summed E-state index contributed by atoms with van der Waals surface area (Å²) in [5.74, 6) is -1.45. The summed E-state index contributed by atoms with van der Waals surface area (Å²) in [6, 6.07) is 9.85. The minimum absolute atomic E-state index is 0.0443. The number of rotatable bonds is 8. The first-order valence-corrected chi connectivity index (χ1v) is 12.1. The molecule has 178 valence electrons. The van der Waals surface area contributed by atoms with Crippen molar-refractivity contribution in [1.29, 1.82) is 0 Å². The molecule has 1 atom stereocenters. The summed E-state index contributed by atoms with van der Waals surface area (Å²) in [7, 11) is 0.298. The second-order valence-corrected chi connectivity index (χ2v) is 9.90. The Morgan fingerprint density at radius 3 is 2.59 bits per heavy atom.